The van der Waals surface area contributed by atoms with E-state index in [1.54, 1.807) is 26.8 Å². The second kappa shape index (κ2) is 5.97. The Hall–Kier alpha value is -2.68. The third-order valence-electron chi connectivity index (χ3n) is 2.06. The first-order valence-corrected chi connectivity index (χ1v) is 5.82. The number of nitrogens with one attached hydrogen (secondary N) is 2. The van der Waals surface area contributed by atoms with E-state index in [1.165, 1.54) is 12.1 Å². The second-order valence-corrected chi connectivity index (χ2v) is 4.96. The smallest absolute Gasteiger partial charge is 0.412 e. The lowest BCUT2D eigenvalue weighted by Gasteiger charge is -2.20. The number of amides is 2. The fourth-order valence-corrected chi connectivity index (χ4v) is 1.38. The van der Waals surface area contributed by atoms with E-state index in [2.05, 4.69) is 16.6 Å². The molecule has 0 unspecified atom stereocenters. The van der Waals surface area contributed by atoms with Crippen LogP contribution in [-0.2, 0) is 4.74 Å². The molecule has 0 atom stereocenters. The van der Waals surface area contributed by atoms with Crippen molar-refractivity contribution in [3.05, 3.63) is 23.8 Å². The number of benzene rings is 1. The summed E-state index contributed by atoms with van der Waals surface area (Å²) in [6.07, 6.45) is 3.31. The van der Waals surface area contributed by atoms with Gasteiger partial charge in [-0.1, -0.05) is 5.92 Å². The van der Waals surface area contributed by atoms with Gasteiger partial charge in [0.15, 0.2) is 0 Å². The van der Waals surface area contributed by atoms with Crippen LogP contribution in [0.1, 0.15) is 26.3 Å². The third kappa shape index (κ3) is 4.90. The average molecular weight is 276 g/mol. The molecule has 0 aliphatic heterocycles. The maximum absolute atomic E-state index is 11.7. The molecule has 0 saturated carbocycles. The first kappa shape index (κ1) is 15.4. The Balaban J connectivity index is 2.96. The molecule has 2 amide bonds. The highest BCUT2D eigenvalue weighted by Crippen LogP contribution is 2.24. The SMILES string of the molecule is C#Cc1ccc(NC(=O)OC(C)(C)C)c(NC(=O)O)c1. The van der Waals surface area contributed by atoms with Crippen molar-refractivity contribution in [1.82, 2.24) is 0 Å². The highest BCUT2D eigenvalue weighted by Gasteiger charge is 2.17. The molecule has 6 heteroatoms. The molecule has 0 saturated heterocycles. The van der Waals surface area contributed by atoms with Gasteiger partial charge < -0.3 is 9.84 Å². The van der Waals surface area contributed by atoms with Crippen molar-refractivity contribution in [2.24, 2.45) is 0 Å². The molecule has 0 aliphatic carbocycles. The maximum atomic E-state index is 11.7. The van der Waals surface area contributed by atoms with Crippen molar-refractivity contribution >= 4 is 23.6 Å². The number of hydrogen-bond acceptors (Lipinski definition) is 3. The normalized spacial score (nSPS) is 10.3. The minimum atomic E-state index is -1.26. The fourth-order valence-electron chi connectivity index (χ4n) is 1.38. The summed E-state index contributed by atoms with van der Waals surface area (Å²) in [6, 6.07) is 4.53. The highest BCUT2D eigenvalue weighted by atomic mass is 16.6. The molecule has 0 bridgehead atoms. The van der Waals surface area contributed by atoms with E-state index >= 15 is 0 Å². The van der Waals surface area contributed by atoms with Crippen LogP contribution >= 0.6 is 0 Å². The number of carbonyl (C=O) groups is 2. The van der Waals surface area contributed by atoms with Crippen LogP contribution in [0.3, 0.4) is 0 Å². The molecule has 6 nitrogen and oxygen atoms in total. The molecule has 20 heavy (non-hydrogen) atoms. The number of carboxylic acid groups (broad SMARTS) is 1. The molecule has 1 aromatic carbocycles. The van der Waals surface area contributed by atoms with Gasteiger partial charge in [-0.05, 0) is 39.0 Å². The van der Waals surface area contributed by atoms with Crippen molar-refractivity contribution in [3.63, 3.8) is 0 Å². The summed E-state index contributed by atoms with van der Waals surface area (Å²) in [5.74, 6) is 2.38. The summed E-state index contributed by atoms with van der Waals surface area (Å²) in [5.41, 5.74) is 0.284. The van der Waals surface area contributed by atoms with E-state index in [4.69, 9.17) is 16.3 Å². The lowest BCUT2D eigenvalue weighted by molar-refractivity contribution is 0.0636. The summed E-state index contributed by atoms with van der Waals surface area (Å²) < 4.78 is 5.09. The number of carbonyl (C=O) groups excluding carboxylic acids is 1. The van der Waals surface area contributed by atoms with Gasteiger partial charge in [-0.25, -0.2) is 9.59 Å². The lowest BCUT2D eigenvalue weighted by Crippen LogP contribution is -2.27. The Morgan fingerprint density at radius 1 is 1.25 bits per heavy atom. The number of anilines is 2. The van der Waals surface area contributed by atoms with Gasteiger partial charge in [-0.3, -0.25) is 10.6 Å². The van der Waals surface area contributed by atoms with Crippen LogP contribution in [0.4, 0.5) is 21.0 Å². The van der Waals surface area contributed by atoms with Crippen LogP contribution in [0.15, 0.2) is 18.2 Å². The molecular formula is C14H16N2O4. The Morgan fingerprint density at radius 3 is 2.40 bits per heavy atom. The summed E-state index contributed by atoms with van der Waals surface area (Å²) in [6.45, 7) is 5.18. The first-order chi connectivity index (χ1) is 9.21. The zero-order valence-corrected chi connectivity index (χ0v) is 11.5. The Kier molecular flexibility index (Phi) is 4.59. The standard InChI is InChI=1S/C14H16N2O4/c1-5-9-6-7-10(11(8-9)15-12(17)18)16-13(19)20-14(2,3)4/h1,6-8,15H,2-4H3,(H,16,19)(H,17,18). The van der Waals surface area contributed by atoms with Crippen molar-refractivity contribution < 1.29 is 19.4 Å². The number of terminal acetylenes is 1. The zero-order chi connectivity index (χ0) is 15.3. The van der Waals surface area contributed by atoms with Gasteiger partial charge in [-0.2, -0.15) is 0 Å². The Bertz CT molecular complexity index is 568. The van der Waals surface area contributed by atoms with Crippen LogP contribution in [0, 0.1) is 12.3 Å². The minimum absolute atomic E-state index is 0.179. The predicted octanol–water partition coefficient (Wildman–Crippen LogP) is 3.10. The fraction of sp³-hybridized carbons (Fsp3) is 0.286. The van der Waals surface area contributed by atoms with E-state index in [-0.39, 0.29) is 11.4 Å². The molecule has 3 N–H and O–H groups in total. The molecule has 0 aromatic heterocycles. The van der Waals surface area contributed by atoms with Crippen molar-refractivity contribution in [1.29, 1.82) is 0 Å². The summed E-state index contributed by atoms with van der Waals surface area (Å²) in [4.78, 5) is 22.4. The van der Waals surface area contributed by atoms with Crippen molar-refractivity contribution in [2.75, 3.05) is 10.6 Å². The van der Waals surface area contributed by atoms with E-state index < -0.39 is 17.8 Å². The van der Waals surface area contributed by atoms with E-state index in [0.29, 0.717) is 5.56 Å². The van der Waals surface area contributed by atoms with Gasteiger partial charge in [-0.15, -0.1) is 6.42 Å². The molecule has 1 rings (SSSR count). The quantitative estimate of drug-likeness (QED) is 0.724. The topological polar surface area (TPSA) is 87.7 Å². The Morgan fingerprint density at radius 2 is 1.90 bits per heavy atom. The molecule has 1 aromatic rings. The van der Waals surface area contributed by atoms with Gasteiger partial charge in [0.1, 0.15) is 5.60 Å². The molecule has 0 radical (unpaired) electrons. The molecule has 0 fully saturated rings. The molecule has 106 valence electrons. The van der Waals surface area contributed by atoms with Crippen LogP contribution in [0.2, 0.25) is 0 Å². The van der Waals surface area contributed by atoms with Gasteiger partial charge in [0.2, 0.25) is 0 Å². The summed E-state index contributed by atoms with van der Waals surface area (Å²) in [5, 5.41) is 13.4. The molecule has 0 spiro atoms. The van der Waals surface area contributed by atoms with Crippen LogP contribution < -0.4 is 10.6 Å². The lowest BCUT2D eigenvalue weighted by atomic mass is 10.1. The highest BCUT2D eigenvalue weighted by molar-refractivity contribution is 5.95. The second-order valence-electron chi connectivity index (χ2n) is 4.96. The zero-order valence-electron chi connectivity index (χ0n) is 11.5. The van der Waals surface area contributed by atoms with Gasteiger partial charge >= 0.3 is 12.2 Å². The van der Waals surface area contributed by atoms with E-state index in [1.807, 2.05) is 0 Å². The number of ether oxygens (including phenoxy) is 1. The summed E-state index contributed by atoms with van der Waals surface area (Å²) >= 11 is 0. The maximum Gasteiger partial charge on any atom is 0.412 e. The van der Waals surface area contributed by atoms with Crippen molar-refractivity contribution in [3.8, 4) is 12.3 Å². The monoisotopic (exact) mass is 276 g/mol. The van der Waals surface area contributed by atoms with Gasteiger partial charge in [0, 0.05) is 5.56 Å². The van der Waals surface area contributed by atoms with Crippen LogP contribution in [-0.4, -0.2) is 22.9 Å². The average Bonchev–Trinajstić information content (AvgIpc) is 2.28. The van der Waals surface area contributed by atoms with E-state index in [9.17, 15) is 9.59 Å². The molecule has 0 aliphatic rings. The minimum Gasteiger partial charge on any atom is -0.465 e. The first-order valence-electron chi connectivity index (χ1n) is 5.82. The summed E-state index contributed by atoms with van der Waals surface area (Å²) in [7, 11) is 0. The predicted molar refractivity (Wildman–Crippen MR) is 75.9 cm³/mol. The van der Waals surface area contributed by atoms with Gasteiger partial charge in [0.25, 0.3) is 0 Å². The number of rotatable bonds is 2. The largest absolute Gasteiger partial charge is 0.465 e. The van der Waals surface area contributed by atoms with Crippen molar-refractivity contribution in [2.45, 2.75) is 26.4 Å². The molecular weight excluding hydrogens is 260 g/mol. The van der Waals surface area contributed by atoms with E-state index in [0.717, 1.165) is 0 Å². The third-order valence-corrected chi connectivity index (χ3v) is 2.06. The Labute approximate surface area is 117 Å². The number of hydrogen-bond donors (Lipinski definition) is 3. The molecule has 0 heterocycles. The van der Waals surface area contributed by atoms with Crippen LogP contribution in [0.25, 0.3) is 0 Å². The van der Waals surface area contributed by atoms with Gasteiger partial charge in [0.05, 0.1) is 11.4 Å². The van der Waals surface area contributed by atoms with Crippen LogP contribution in [0.5, 0.6) is 0 Å².